The third-order valence-corrected chi connectivity index (χ3v) is 5.05. The van der Waals surface area contributed by atoms with E-state index >= 15 is 0 Å². The maximum Gasteiger partial charge on any atom is 0.307 e. The number of carbonyl (C=O) groups is 1. The minimum absolute atomic E-state index is 0.0656. The SMILES string of the molecule is CC1(C)C2CC=C(C3CC3C(=O)O)C1C2. The van der Waals surface area contributed by atoms with E-state index in [1.54, 1.807) is 0 Å². The maximum absolute atomic E-state index is 10.9. The van der Waals surface area contributed by atoms with E-state index in [0.717, 1.165) is 12.3 Å². The number of rotatable bonds is 2. The average Bonchev–Trinajstić information content (AvgIpc) is 2.97. The zero-order valence-electron chi connectivity index (χ0n) is 9.36. The van der Waals surface area contributed by atoms with Crippen LogP contribution in [0.1, 0.15) is 33.1 Å². The van der Waals surface area contributed by atoms with Crippen LogP contribution in [0, 0.1) is 29.1 Å². The molecule has 15 heavy (non-hydrogen) atoms. The Hall–Kier alpha value is -0.790. The molecule has 0 saturated heterocycles. The van der Waals surface area contributed by atoms with E-state index in [1.165, 1.54) is 18.4 Å². The number of allylic oxidation sites excluding steroid dienone is 2. The predicted molar refractivity (Wildman–Crippen MR) is 57.3 cm³/mol. The minimum Gasteiger partial charge on any atom is -0.481 e. The fraction of sp³-hybridized carbons (Fsp3) is 0.769. The first kappa shape index (κ1) is 9.44. The maximum atomic E-state index is 10.9. The van der Waals surface area contributed by atoms with Crippen LogP contribution < -0.4 is 0 Å². The summed E-state index contributed by atoms with van der Waals surface area (Å²) in [6.07, 6.45) is 5.72. The number of fused-ring (bicyclic) bond motifs is 1. The fourth-order valence-electron chi connectivity index (χ4n) is 3.65. The van der Waals surface area contributed by atoms with E-state index < -0.39 is 5.97 Å². The second-order valence-electron chi connectivity index (χ2n) is 6.03. The number of hydrogen-bond acceptors (Lipinski definition) is 1. The molecule has 0 spiro atoms. The minimum atomic E-state index is -0.597. The van der Waals surface area contributed by atoms with Gasteiger partial charge in [0.2, 0.25) is 0 Å². The Balaban J connectivity index is 1.79. The second-order valence-corrected chi connectivity index (χ2v) is 6.03. The summed E-state index contributed by atoms with van der Waals surface area (Å²) in [7, 11) is 0. The number of aliphatic carboxylic acids is 1. The smallest absolute Gasteiger partial charge is 0.307 e. The van der Waals surface area contributed by atoms with E-state index in [-0.39, 0.29) is 5.92 Å². The van der Waals surface area contributed by atoms with Crippen molar-refractivity contribution in [3.05, 3.63) is 11.6 Å². The summed E-state index contributed by atoms with van der Waals surface area (Å²) in [6, 6.07) is 0. The van der Waals surface area contributed by atoms with Gasteiger partial charge < -0.3 is 5.11 Å². The molecule has 1 N–H and O–H groups in total. The van der Waals surface area contributed by atoms with Gasteiger partial charge in [0, 0.05) is 0 Å². The summed E-state index contributed by atoms with van der Waals surface area (Å²) >= 11 is 0. The van der Waals surface area contributed by atoms with Crippen molar-refractivity contribution in [1.82, 2.24) is 0 Å². The summed E-state index contributed by atoms with van der Waals surface area (Å²) in [6.45, 7) is 4.69. The summed E-state index contributed by atoms with van der Waals surface area (Å²) in [5.41, 5.74) is 1.92. The third-order valence-electron chi connectivity index (χ3n) is 5.05. The molecule has 4 unspecified atom stereocenters. The van der Waals surface area contributed by atoms with Gasteiger partial charge in [-0.1, -0.05) is 25.5 Å². The molecule has 0 aromatic carbocycles. The van der Waals surface area contributed by atoms with Gasteiger partial charge in [0.05, 0.1) is 5.92 Å². The van der Waals surface area contributed by atoms with Crippen molar-refractivity contribution in [1.29, 1.82) is 0 Å². The van der Waals surface area contributed by atoms with E-state index in [1.807, 2.05) is 0 Å². The molecule has 4 aliphatic carbocycles. The summed E-state index contributed by atoms with van der Waals surface area (Å²) in [5.74, 6) is 1.26. The largest absolute Gasteiger partial charge is 0.481 e. The standard InChI is InChI=1S/C13H18O2/c1-13(2)7-3-4-8(11(13)5-7)9-6-10(9)12(14)15/h4,7,9-11H,3,5-6H2,1-2H3,(H,14,15). The molecule has 2 bridgehead atoms. The lowest BCUT2D eigenvalue weighted by atomic mass is 9.48. The number of carboxylic acid groups (broad SMARTS) is 1. The molecule has 4 aliphatic rings. The highest BCUT2D eigenvalue weighted by Crippen LogP contribution is 2.64. The van der Waals surface area contributed by atoms with Crippen LogP contribution in [0.4, 0.5) is 0 Å². The molecule has 0 amide bonds. The topological polar surface area (TPSA) is 37.3 Å². The predicted octanol–water partition coefficient (Wildman–Crippen LogP) is 2.70. The molecule has 2 fully saturated rings. The lowest BCUT2D eigenvalue weighted by molar-refractivity contribution is -0.138. The van der Waals surface area contributed by atoms with Gasteiger partial charge in [0.1, 0.15) is 0 Å². The summed E-state index contributed by atoms with van der Waals surface area (Å²) in [4.78, 5) is 10.9. The first-order chi connectivity index (χ1) is 7.01. The number of hydrogen-bond donors (Lipinski definition) is 1. The van der Waals surface area contributed by atoms with Crippen LogP contribution in [0.2, 0.25) is 0 Å². The van der Waals surface area contributed by atoms with Crippen LogP contribution in [-0.2, 0) is 4.79 Å². The Kier molecular flexibility index (Phi) is 1.67. The van der Waals surface area contributed by atoms with Crippen LogP contribution >= 0.6 is 0 Å². The van der Waals surface area contributed by atoms with Crippen LogP contribution in [-0.4, -0.2) is 11.1 Å². The molecule has 4 atom stereocenters. The molecule has 4 rings (SSSR count). The van der Waals surface area contributed by atoms with Crippen molar-refractivity contribution in [3.63, 3.8) is 0 Å². The van der Waals surface area contributed by atoms with Crippen LogP contribution in [0.15, 0.2) is 11.6 Å². The Bertz CT molecular complexity index is 354. The average molecular weight is 206 g/mol. The van der Waals surface area contributed by atoms with Crippen molar-refractivity contribution in [2.24, 2.45) is 29.1 Å². The lowest BCUT2D eigenvalue weighted by Gasteiger charge is -2.56. The Morgan fingerprint density at radius 1 is 1.47 bits per heavy atom. The highest BCUT2D eigenvalue weighted by Gasteiger charge is 2.57. The van der Waals surface area contributed by atoms with E-state index in [2.05, 4.69) is 19.9 Å². The van der Waals surface area contributed by atoms with Gasteiger partial charge in [-0.25, -0.2) is 0 Å². The first-order valence-electron chi connectivity index (χ1n) is 5.94. The highest BCUT2D eigenvalue weighted by molar-refractivity contribution is 5.74. The quantitative estimate of drug-likeness (QED) is 0.705. The summed E-state index contributed by atoms with van der Waals surface area (Å²) in [5, 5.41) is 8.96. The second kappa shape index (κ2) is 2.66. The van der Waals surface area contributed by atoms with Gasteiger partial charge in [-0.15, -0.1) is 0 Å². The Morgan fingerprint density at radius 2 is 2.20 bits per heavy atom. The number of carboxylic acids is 1. The molecule has 0 radical (unpaired) electrons. The molecule has 0 heterocycles. The van der Waals surface area contributed by atoms with Gasteiger partial charge in [0.25, 0.3) is 0 Å². The van der Waals surface area contributed by atoms with Crippen molar-refractivity contribution >= 4 is 5.97 Å². The normalized spacial score (nSPS) is 45.3. The van der Waals surface area contributed by atoms with Gasteiger partial charge in [0.15, 0.2) is 0 Å². The molecule has 82 valence electrons. The third kappa shape index (κ3) is 1.14. The van der Waals surface area contributed by atoms with Crippen LogP contribution in [0.3, 0.4) is 0 Å². The lowest BCUT2D eigenvalue weighted by Crippen LogP contribution is -2.48. The zero-order chi connectivity index (χ0) is 10.8. The summed E-state index contributed by atoms with van der Waals surface area (Å²) < 4.78 is 0. The van der Waals surface area contributed by atoms with E-state index in [0.29, 0.717) is 17.3 Å². The van der Waals surface area contributed by atoms with Gasteiger partial charge >= 0.3 is 5.97 Å². The van der Waals surface area contributed by atoms with Crippen molar-refractivity contribution in [2.75, 3.05) is 0 Å². The van der Waals surface area contributed by atoms with E-state index in [9.17, 15) is 4.79 Å². The molecule has 0 aliphatic heterocycles. The molecule has 2 heteroatoms. The molecule has 2 saturated carbocycles. The molecular weight excluding hydrogens is 188 g/mol. The van der Waals surface area contributed by atoms with Crippen LogP contribution in [0.5, 0.6) is 0 Å². The monoisotopic (exact) mass is 206 g/mol. The van der Waals surface area contributed by atoms with E-state index in [4.69, 9.17) is 5.11 Å². The zero-order valence-corrected chi connectivity index (χ0v) is 9.36. The van der Waals surface area contributed by atoms with Crippen molar-refractivity contribution in [2.45, 2.75) is 33.1 Å². The Labute approximate surface area is 90.4 Å². The first-order valence-corrected chi connectivity index (χ1v) is 5.94. The highest BCUT2D eigenvalue weighted by atomic mass is 16.4. The van der Waals surface area contributed by atoms with Gasteiger partial charge in [-0.05, 0) is 42.4 Å². The molecular formula is C13H18O2. The molecule has 0 aromatic heterocycles. The molecule has 2 nitrogen and oxygen atoms in total. The van der Waals surface area contributed by atoms with Crippen molar-refractivity contribution in [3.8, 4) is 0 Å². The van der Waals surface area contributed by atoms with Gasteiger partial charge in [-0.3, -0.25) is 4.79 Å². The Morgan fingerprint density at radius 3 is 2.67 bits per heavy atom. The van der Waals surface area contributed by atoms with Gasteiger partial charge in [-0.2, -0.15) is 0 Å². The van der Waals surface area contributed by atoms with Crippen LogP contribution in [0.25, 0.3) is 0 Å². The fourth-order valence-corrected chi connectivity index (χ4v) is 3.65. The van der Waals surface area contributed by atoms with Crippen molar-refractivity contribution < 1.29 is 9.90 Å². The molecule has 0 aromatic rings.